The molecule has 0 atom stereocenters. The highest BCUT2D eigenvalue weighted by molar-refractivity contribution is 5.19. The number of benzene rings is 1. The summed E-state index contributed by atoms with van der Waals surface area (Å²) in [6.45, 7) is 6.34. The summed E-state index contributed by atoms with van der Waals surface area (Å²) in [5.74, 6) is -1.04. The quantitative estimate of drug-likeness (QED) is 0.758. The van der Waals surface area contributed by atoms with Gasteiger partial charge in [0.15, 0.2) is 0 Å². The van der Waals surface area contributed by atoms with E-state index in [9.17, 15) is 8.78 Å². The highest BCUT2D eigenvalue weighted by Gasteiger charge is 2.18. The smallest absolute Gasteiger partial charge is 0.126 e. The Balaban J connectivity index is 2.53. The molecule has 0 saturated carbocycles. The van der Waals surface area contributed by atoms with Gasteiger partial charge in [0.2, 0.25) is 0 Å². The number of hydrogen-bond acceptors (Lipinski definition) is 2. The molecule has 1 aromatic carbocycles. The summed E-state index contributed by atoms with van der Waals surface area (Å²) in [4.78, 5) is 0. The van der Waals surface area contributed by atoms with Crippen molar-refractivity contribution in [2.24, 2.45) is 5.41 Å². The molecule has 0 fully saturated rings. The van der Waals surface area contributed by atoms with Gasteiger partial charge in [-0.3, -0.25) is 0 Å². The van der Waals surface area contributed by atoms with Crippen molar-refractivity contribution in [3.63, 3.8) is 0 Å². The molecule has 0 radical (unpaired) electrons. The molecule has 1 rings (SSSR count). The second-order valence-electron chi connectivity index (χ2n) is 5.29. The fraction of sp³-hybridized carbons (Fsp3) is 0.571. The lowest BCUT2D eigenvalue weighted by Crippen LogP contribution is -2.33. The van der Waals surface area contributed by atoms with Gasteiger partial charge in [-0.25, -0.2) is 8.78 Å². The van der Waals surface area contributed by atoms with Crippen LogP contribution in [0.15, 0.2) is 18.2 Å². The van der Waals surface area contributed by atoms with E-state index in [0.717, 1.165) is 19.2 Å². The van der Waals surface area contributed by atoms with Crippen LogP contribution >= 0.6 is 0 Å². The standard InChI is InChI=1S/C14H21F2NO/c1-14(2,10-17-4-5-18-3)9-11-6-12(15)8-13(16)7-11/h6-8,17H,4-5,9-10H2,1-3H3. The summed E-state index contributed by atoms with van der Waals surface area (Å²) in [7, 11) is 1.66. The van der Waals surface area contributed by atoms with Gasteiger partial charge in [-0.1, -0.05) is 13.8 Å². The fourth-order valence-corrected chi connectivity index (χ4v) is 1.93. The van der Waals surface area contributed by atoms with Crippen LogP contribution in [-0.4, -0.2) is 26.8 Å². The van der Waals surface area contributed by atoms with Crippen LogP contribution in [0.4, 0.5) is 8.78 Å². The van der Waals surface area contributed by atoms with Crippen LogP contribution in [0, 0.1) is 17.0 Å². The predicted molar refractivity (Wildman–Crippen MR) is 68.6 cm³/mol. The van der Waals surface area contributed by atoms with Crippen LogP contribution < -0.4 is 5.32 Å². The van der Waals surface area contributed by atoms with Crippen LogP contribution in [0.1, 0.15) is 19.4 Å². The maximum atomic E-state index is 13.1. The zero-order chi connectivity index (χ0) is 13.6. The van der Waals surface area contributed by atoms with Gasteiger partial charge in [-0.2, -0.15) is 0 Å². The van der Waals surface area contributed by atoms with Gasteiger partial charge in [-0.15, -0.1) is 0 Å². The molecule has 1 aromatic rings. The minimum atomic E-state index is -0.520. The van der Waals surface area contributed by atoms with Crippen LogP contribution in [0.5, 0.6) is 0 Å². The van der Waals surface area contributed by atoms with Crippen molar-refractivity contribution in [2.45, 2.75) is 20.3 Å². The summed E-state index contributed by atoms with van der Waals surface area (Å²) in [5.41, 5.74) is 0.625. The number of hydrogen-bond donors (Lipinski definition) is 1. The lowest BCUT2D eigenvalue weighted by Gasteiger charge is -2.25. The molecule has 0 heterocycles. The molecule has 0 saturated heterocycles. The fourth-order valence-electron chi connectivity index (χ4n) is 1.93. The zero-order valence-electron chi connectivity index (χ0n) is 11.2. The summed E-state index contributed by atoms with van der Waals surface area (Å²) in [6, 6.07) is 3.67. The second-order valence-corrected chi connectivity index (χ2v) is 5.29. The molecule has 0 aromatic heterocycles. The topological polar surface area (TPSA) is 21.3 Å². The molecule has 0 amide bonds. The van der Waals surface area contributed by atoms with E-state index in [-0.39, 0.29) is 5.41 Å². The van der Waals surface area contributed by atoms with Crippen LogP contribution in [-0.2, 0) is 11.2 Å². The van der Waals surface area contributed by atoms with E-state index in [1.165, 1.54) is 12.1 Å². The molecule has 4 heteroatoms. The van der Waals surface area contributed by atoms with Gasteiger partial charge in [-0.05, 0) is 29.5 Å². The molecule has 0 aliphatic carbocycles. The Morgan fingerprint density at radius 2 is 1.78 bits per heavy atom. The van der Waals surface area contributed by atoms with Crippen LogP contribution in [0.2, 0.25) is 0 Å². The molecule has 0 aliphatic heterocycles. The Morgan fingerprint density at radius 3 is 2.33 bits per heavy atom. The monoisotopic (exact) mass is 257 g/mol. The highest BCUT2D eigenvalue weighted by Crippen LogP contribution is 2.22. The van der Waals surface area contributed by atoms with E-state index >= 15 is 0 Å². The second kappa shape index (κ2) is 6.81. The Hall–Kier alpha value is -1.00. The summed E-state index contributed by atoms with van der Waals surface area (Å²) >= 11 is 0. The van der Waals surface area contributed by atoms with E-state index < -0.39 is 11.6 Å². The molecular weight excluding hydrogens is 236 g/mol. The van der Waals surface area contributed by atoms with Crippen molar-refractivity contribution in [1.29, 1.82) is 0 Å². The molecule has 0 unspecified atom stereocenters. The predicted octanol–water partition coefficient (Wildman–Crippen LogP) is 2.77. The minimum absolute atomic E-state index is 0.0615. The van der Waals surface area contributed by atoms with E-state index in [1.807, 2.05) is 0 Å². The largest absolute Gasteiger partial charge is 0.383 e. The SMILES string of the molecule is COCCNCC(C)(C)Cc1cc(F)cc(F)c1. The lowest BCUT2D eigenvalue weighted by atomic mass is 9.85. The lowest BCUT2D eigenvalue weighted by molar-refractivity contribution is 0.194. The maximum absolute atomic E-state index is 13.1. The van der Waals surface area contributed by atoms with Crippen molar-refractivity contribution < 1.29 is 13.5 Å². The number of methoxy groups -OCH3 is 1. The first-order valence-corrected chi connectivity index (χ1v) is 6.07. The van der Waals surface area contributed by atoms with Crippen LogP contribution in [0.3, 0.4) is 0 Å². The average Bonchev–Trinajstić information content (AvgIpc) is 2.22. The number of ether oxygens (including phenoxy) is 1. The van der Waals surface area contributed by atoms with E-state index in [1.54, 1.807) is 7.11 Å². The number of rotatable bonds is 7. The minimum Gasteiger partial charge on any atom is -0.383 e. The Bertz CT molecular complexity index is 360. The molecule has 0 bridgehead atoms. The first-order chi connectivity index (χ1) is 8.43. The van der Waals surface area contributed by atoms with E-state index in [4.69, 9.17) is 4.74 Å². The summed E-state index contributed by atoms with van der Waals surface area (Å²) in [6.07, 6.45) is 0.627. The summed E-state index contributed by atoms with van der Waals surface area (Å²) in [5, 5.41) is 3.26. The van der Waals surface area contributed by atoms with Crippen LogP contribution in [0.25, 0.3) is 0 Å². The molecule has 0 spiro atoms. The average molecular weight is 257 g/mol. The Morgan fingerprint density at radius 1 is 1.17 bits per heavy atom. The normalized spacial score (nSPS) is 11.8. The van der Waals surface area contributed by atoms with Crippen molar-refractivity contribution in [2.75, 3.05) is 26.8 Å². The molecule has 18 heavy (non-hydrogen) atoms. The highest BCUT2D eigenvalue weighted by atomic mass is 19.1. The van der Waals surface area contributed by atoms with Gasteiger partial charge in [0.25, 0.3) is 0 Å². The number of halogens is 2. The van der Waals surface area contributed by atoms with Gasteiger partial charge >= 0.3 is 0 Å². The van der Waals surface area contributed by atoms with Crippen molar-refractivity contribution in [3.8, 4) is 0 Å². The van der Waals surface area contributed by atoms with Crippen molar-refractivity contribution >= 4 is 0 Å². The third kappa shape index (κ3) is 5.56. The third-order valence-corrected chi connectivity index (χ3v) is 2.69. The molecule has 2 nitrogen and oxygen atoms in total. The Kier molecular flexibility index (Phi) is 5.69. The van der Waals surface area contributed by atoms with Gasteiger partial charge in [0.05, 0.1) is 6.61 Å². The molecular formula is C14H21F2NO. The molecule has 102 valence electrons. The molecule has 0 aliphatic rings. The summed E-state index contributed by atoms with van der Waals surface area (Å²) < 4.78 is 31.1. The van der Waals surface area contributed by atoms with Gasteiger partial charge in [0.1, 0.15) is 11.6 Å². The van der Waals surface area contributed by atoms with Crippen molar-refractivity contribution in [3.05, 3.63) is 35.4 Å². The number of nitrogens with one attached hydrogen (secondary N) is 1. The first kappa shape index (κ1) is 15.1. The van der Waals surface area contributed by atoms with Crippen molar-refractivity contribution in [1.82, 2.24) is 5.32 Å². The van der Waals surface area contributed by atoms with E-state index in [0.29, 0.717) is 18.6 Å². The van der Waals surface area contributed by atoms with Gasteiger partial charge in [0, 0.05) is 26.3 Å². The maximum Gasteiger partial charge on any atom is 0.126 e. The third-order valence-electron chi connectivity index (χ3n) is 2.69. The first-order valence-electron chi connectivity index (χ1n) is 6.07. The Labute approximate surface area is 107 Å². The molecule has 1 N–H and O–H groups in total. The van der Waals surface area contributed by atoms with Gasteiger partial charge < -0.3 is 10.1 Å². The zero-order valence-corrected chi connectivity index (χ0v) is 11.2. The van der Waals surface area contributed by atoms with E-state index in [2.05, 4.69) is 19.2 Å².